The number of likely N-dealkylation sites (N-methyl/N-ethyl adjacent to an activating group) is 1. The lowest BCUT2D eigenvalue weighted by Crippen LogP contribution is -2.79. The van der Waals surface area contributed by atoms with Crippen LogP contribution in [0.15, 0.2) is 46.8 Å². The van der Waals surface area contributed by atoms with Crippen molar-refractivity contribution in [2.75, 3.05) is 27.2 Å². The number of piperidine rings is 1. The van der Waals surface area contributed by atoms with Gasteiger partial charge in [-0.25, -0.2) is 0 Å². The molecule has 206 valence electrons. The molecule has 39 heavy (non-hydrogen) atoms. The van der Waals surface area contributed by atoms with Gasteiger partial charge in [0.25, 0.3) is 0 Å². The first kappa shape index (κ1) is 26.6. The van der Waals surface area contributed by atoms with Crippen molar-refractivity contribution in [2.24, 2.45) is 0 Å². The summed E-state index contributed by atoms with van der Waals surface area (Å²) in [4.78, 5) is 31.5. The van der Waals surface area contributed by atoms with Gasteiger partial charge in [0.1, 0.15) is 11.7 Å². The van der Waals surface area contributed by atoms with Gasteiger partial charge in [-0.3, -0.25) is 14.5 Å². The SMILES string of the molecule is C=CCN1CC[C@]23c4c5ccc(OC)c4O[C@H]2[C@@H](N(C)C(=O)/C=C/c2cc(Br)cs2)CC[C@@]3(OC(C)=O)[C@H]1C5. The number of hydrogen-bond acceptors (Lipinski definition) is 7. The van der Waals surface area contributed by atoms with E-state index in [1.165, 1.54) is 12.5 Å². The van der Waals surface area contributed by atoms with Gasteiger partial charge in [0, 0.05) is 53.4 Å². The highest BCUT2D eigenvalue weighted by Gasteiger charge is 2.75. The van der Waals surface area contributed by atoms with Crippen LogP contribution in [0.1, 0.15) is 42.2 Å². The average Bonchev–Trinajstić information content (AvgIpc) is 3.48. The minimum atomic E-state index is -0.769. The van der Waals surface area contributed by atoms with E-state index in [1.54, 1.807) is 24.5 Å². The van der Waals surface area contributed by atoms with Crippen LogP contribution in [0.25, 0.3) is 6.08 Å². The molecule has 6 rings (SSSR count). The van der Waals surface area contributed by atoms with Crippen LogP contribution in [0.3, 0.4) is 0 Å². The van der Waals surface area contributed by atoms with Crippen molar-refractivity contribution in [3.05, 3.63) is 62.8 Å². The van der Waals surface area contributed by atoms with Crippen LogP contribution < -0.4 is 9.47 Å². The third kappa shape index (κ3) is 3.84. The zero-order valence-corrected chi connectivity index (χ0v) is 24.8. The number of carbonyl (C=O) groups excluding carboxylic acids is 2. The standard InChI is InChI=1S/C30H33BrN2O5S/c1-5-13-33-14-12-29-26-19-6-8-23(36-4)27(26)37-28(29)22(10-11-30(29,24(33)15-19)38-18(2)34)32(3)25(35)9-7-21-16-20(31)17-39-21/h5-9,16-17,22,24,28H,1,10-15H2,2-4H3/b9-7+/t22-,24+,28-,29-,30+/m0/s1. The number of amides is 1. The lowest BCUT2D eigenvalue weighted by molar-refractivity contribution is -0.222. The summed E-state index contributed by atoms with van der Waals surface area (Å²) >= 11 is 5.05. The number of thiophene rings is 1. The molecule has 7 nitrogen and oxygen atoms in total. The zero-order valence-electron chi connectivity index (χ0n) is 22.4. The fourth-order valence-electron chi connectivity index (χ4n) is 7.82. The van der Waals surface area contributed by atoms with Gasteiger partial charge in [-0.05, 0) is 65.4 Å². The van der Waals surface area contributed by atoms with E-state index in [9.17, 15) is 9.59 Å². The Kier molecular flexibility index (Phi) is 6.67. The van der Waals surface area contributed by atoms with Gasteiger partial charge in [-0.15, -0.1) is 17.9 Å². The topological polar surface area (TPSA) is 68.3 Å². The second-order valence-electron chi connectivity index (χ2n) is 10.9. The van der Waals surface area contributed by atoms with Gasteiger partial charge in [0.15, 0.2) is 11.5 Å². The van der Waals surface area contributed by atoms with Gasteiger partial charge < -0.3 is 19.1 Å². The van der Waals surface area contributed by atoms with E-state index >= 15 is 0 Å². The molecule has 2 fully saturated rings. The molecule has 2 aromatic rings. The normalized spacial score (nSPS) is 30.4. The molecule has 0 unspecified atom stereocenters. The Bertz CT molecular complexity index is 1370. The molecule has 2 bridgehead atoms. The third-order valence-corrected chi connectivity index (χ3v) is 10.9. The molecular formula is C30H33BrN2O5S. The van der Waals surface area contributed by atoms with Crippen molar-refractivity contribution in [3.8, 4) is 11.5 Å². The summed E-state index contributed by atoms with van der Waals surface area (Å²) in [7, 11) is 3.51. The second kappa shape index (κ2) is 9.78. The highest BCUT2D eigenvalue weighted by Crippen LogP contribution is 2.67. The molecule has 2 aliphatic carbocycles. The molecular weight excluding hydrogens is 580 g/mol. The van der Waals surface area contributed by atoms with E-state index in [1.807, 2.05) is 41.6 Å². The molecule has 9 heteroatoms. The first-order valence-corrected chi connectivity index (χ1v) is 15.0. The summed E-state index contributed by atoms with van der Waals surface area (Å²) in [5.74, 6) is 1.05. The minimum absolute atomic E-state index is 0.00905. The number of likely N-dealkylation sites (tertiary alicyclic amines) is 1. The maximum absolute atomic E-state index is 13.5. The van der Waals surface area contributed by atoms with E-state index in [-0.39, 0.29) is 30.1 Å². The lowest BCUT2D eigenvalue weighted by atomic mass is 9.48. The van der Waals surface area contributed by atoms with Crippen LogP contribution in [0, 0.1) is 0 Å². The van der Waals surface area contributed by atoms with Crippen molar-refractivity contribution in [1.82, 2.24) is 9.80 Å². The summed E-state index contributed by atoms with van der Waals surface area (Å²) in [5.41, 5.74) is 0.951. The highest BCUT2D eigenvalue weighted by atomic mass is 79.9. The zero-order chi connectivity index (χ0) is 27.5. The van der Waals surface area contributed by atoms with Crippen molar-refractivity contribution in [1.29, 1.82) is 0 Å². The summed E-state index contributed by atoms with van der Waals surface area (Å²) in [6.45, 7) is 7.04. The van der Waals surface area contributed by atoms with Gasteiger partial charge in [0.05, 0.1) is 24.6 Å². The Balaban J connectivity index is 1.46. The van der Waals surface area contributed by atoms with Gasteiger partial charge in [-0.2, -0.15) is 0 Å². The fraction of sp³-hybridized carbons (Fsp3) is 0.467. The largest absolute Gasteiger partial charge is 0.493 e. The molecule has 0 N–H and O–H groups in total. The quantitative estimate of drug-likeness (QED) is 0.250. The number of nitrogens with zero attached hydrogens (tertiary/aromatic N) is 2. The molecule has 1 amide bonds. The molecule has 1 saturated carbocycles. The number of esters is 1. The van der Waals surface area contributed by atoms with Crippen molar-refractivity contribution >= 4 is 45.2 Å². The van der Waals surface area contributed by atoms with Crippen LogP contribution in [0.4, 0.5) is 0 Å². The Morgan fingerprint density at radius 1 is 1.36 bits per heavy atom. The predicted octanol–water partition coefficient (Wildman–Crippen LogP) is 4.97. The minimum Gasteiger partial charge on any atom is -0.493 e. The molecule has 1 aromatic heterocycles. The molecule has 1 saturated heterocycles. The summed E-state index contributed by atoms with van der Waals surface area (Å²) < 4.78 is 20.1. The maximum atomic E-state index is 13.5. The molecule has 1 aromatic carbocycles. The van der Waals surface area contributed by atoms with Gasteiger partial charge in [0.2, 0.25) is 5.91 Å². The number of halogens is 1. The third-order valence-electron chi connectivity index (χ3n) is 9.22. The first-order valence-electron chi connectivity index (χ1n) is 13.4. The van der Waals surface area contributed by atoms with E-state index < -0.39 is 11.0 Å². The average molecular weight is 614 g/mol. The number of benzene rings is 1. The van der Waals surface area contributed by atoms with Crippen LogP contribution in [0.5, 0.6) is 11.5 Å². The summed E-state index contributed by atoms with van der Waals surface area (Å²) in [6, 6.07) is 5.89. The molecule has 5 atom stereocenters. The van der Waals surface area contributed by atoms with E-state index in [0.717, 1.165) is 46.6 Å². The van der Waals surface area contributed by atoms with Gasteiger partial charge >= 0.3 is 5.97 Å². The molecule has 0 radical (unpaired) electrons. The van der Waals surface area contributed by atoms with Crippen LogP contribution in [-0.4, -0.2) is 72.7 Å². The Hall–Kier alpha value is -2.62. The van der Waals surface area contributed by atoms with Crippen molar-refractivity contribution < 1.29 is 23.8 Å². The number of methoxy groups -OCH3 is 1. The fourth-order valence-corrected chi connectivity index (χ4v) is 9.16. The van der Waals surface area contributed by atoms with Crippen molar-refractivity contribution in [3.63, 3.8) is 0 Å². The summed E-state index contributed by atoms with van der Waals surface area (Å²) in [5, 5.41) is 2.00. The van der Waals surface area contributed by atoms with Crippen LogP contribution in [-0.2, 0) is 26.2 Å². The smallest absolute Gasteiger partial charge is 0.303 e. The highest BCUT2D eigenvalue weighted by molar-refractivity contribution is 9.10. The molecule has 4 aliphatic rings. The van der Waals surface area contributed by atoms with Gasteiger partial charge in [-0.1, -0.05) is 12.1 Å². The van der Waals surface area contributed by atoms with Crippen molar-refractivity contribution in [2.45, 2.75) is 61.8 Å². The molecule has 3 heterocycles. The number of rotatable bonds is 7. The van der Waals surface area contributed by atoms with E-state index in [2.05, 4.69) is 33.5 Å². The van der Waals surface area contributed by atoms with Crippen LogP contribution in [0.2, 0.25) is 0 Å². The Labute approximate surface area is 241 Å². The number of hydrogen-bond donors (Lipinski definition) is 0. The molecule has 2 aliphatic heterocycles. The number of ether oxygens (including phenoxy) is 3. The van der Waals surface area contributed by atoms with E-state index in [4.69, 9.17) is 14.2 Å². The predicted molar refractivity (Wildman–Crippen MR) is 154 cm³/mol. The van der Waals surface area contributed by atoms with Crippen LogP contribution >= 0.6 is 27.3 Å². The summed E-state index contributed by atoms with van der Waals surface area (Å²) in [6.07, 6.45) is 7.84. The first-order chi connectivity index (χ1) is 18.8. The Morgan fingerprint density at radius 3 is 2.87 bits per heavy atom. The maximum Gasteiger partial charge on any atom is 0.303 e. The number of carbonyl (C=O) groups is 2. The monoisotopic (exact) mass is 612 g/mol. The van der Waals surface area contributed by atoms with E-state index in [0.29, 0.717) is 18.6 Å². The molecule has 1 spiro atoms. The second-order valence-corrected chi connectivity index (χ2v) is 12.8. The Morgan fingerprint density at radius 2 is 2.18 bits per heavy atom. The lowest BCUT2D eigenvalue weighted by Gasteiger charge is -2.65.